The van der Waals surface area contributed by atoms with Crippen molar-refractivity contribution >= 4 is 17.3 Å². The van der Waals surface area contributed by atoms with Gasteiger partial charge in [-0.05, 0) is 33.1 Å². The van der Waals surface area contributed by atoms with E-state index in [4.69, 9.17) is 4.74 Å². The Morgan fingerprint density at radius 2 is 2.22 bits per heavy atom. The lowest BCUT2D eigenvalue weighted by molar-refractivity contribution is -0.0325. The summed E-state index contributed by atoms with van der Waals surface area (Å²) in [6, 6.07) is 0. The highest BCUT2D eigenvalue weighted by Crippen LogP contribution is 2.44. The fraction of sp³-hybridized carbons (Fsp3) is 0.692. The average molecular weight is 269 g/mol. The number of rotatable bonds is 6. The minimum atomic E-state index is -0.865. The van der Waals surface area contributed by atoms with E-state index in [1.807, 2.05) is 20.8 Å². The van der Waals surface area contributed by atoms with E-state index in [1.165, 1.54) is 11.3 Å². The number of carboxylic acids is 1. The van der Waals surface area contributed by atoms with Gasteiger partial charge >= 0.3 is 5.97 Å². The second-order valence-electron chi connectivity index (χ2n) is 4.83. The lowest BCUT2D eigenvalue weighted by Crippen LogP contribution is -2.24. The molecule has 2 rings (SSSR count). The average Bonchev–Trinajstić information content (AvgIpc) is 3.07. The van der Waals surface area contributed by atoms with E-state index in [1.54, 1.807) is 0 Å². The van der Waals surface area contributed by atoms with Gasteiger partial charge in [0.15, 0.2) is 0 Å². The van der Waals surface area contributed by atoms with Gasteiger partial charge in [0.2, 0.25) is 0 Å². The first-order valence-electron chi connectivity index (χ1n) is 6.40. The maximum absolute atomic E-state index is 11.3. The molecule has 100 valence electrons. The SMILES string of the molecule is CCOC(C)(CC)c1nc(C2CC2)c(C(=O)O)s1. The highest BCUT2D eigenvalue weighted by atomic mass is 32.1. The van der Waals surface area contributed by atoms with E-state index in [2.05, 4.69) is 4.98 Å². The molecule has 1 N–H and O–H groups in total. The van der Waals surface area contributed by atoms with Gasteiger partial charge in [0, 0.05) is 12.5 Å². The fourth-order valence-electron chi connectivity index (χ4n) is 1.98. The van der Waals surface area contributed by atoms with Crippen LogP contribution in [0.4, 0.5) is 0 Å². The van der Waals surface area contributed by atoms with Crippen molar-refractivity contribution in [3.8, 4) is 0 Å². The molecule has 1 saturated carbocycles. The van der Waals surface area contributed by atoms with Gasteiger partial charge in [-0.1, -0.05) is 6.92 Å². The maximum atomic E-state index is 11.3. The molecule has 0 aliphatic heterocycles. The van der Waals surface area contributed by atoms with Gasteiger partial charge in [-0.15, -0.1) is 11.3 Å². The van der Waals surface area contributed by atoms with Gasteiger partial charge in [-0.2, -0.15) is 0 Å². The van der Waals surface area contributed by atoms with Crippen LogP contribution in [0.15, 0.2) is 0 Å². The van der Waals surface area contributed by atoms with Crippen molar-refractivity contribution in [2.75, 3.05) is 6.61 Å². The Bertz CT molecular complexity index is 453. The highest BCUT2D eigenvalue weighted by Gasteiger charge is 2.36. The van der Waals surface area contributed by atoms with Gasteiger partial charge in [-0.3, -0.25) is 0 Å². The van der Waals surface area contributed by atoms with Crippen molar-refractivity contribution < 1.29 is 14.6 Å². The molecule has 1 aliphatic rings. The molecule has 0 aromatic carbocycles. The van der Waals surface area contributed by atoms with Crippen LogP contribution in [0.1, 0.15) is 66.3 Å². The standard InChI is InChI=1S/C13H19NO3S/c1-4-13(3,17-5-2)12-14-9(8-6-7-8)10(18-12)11(15)16/h8H,4-7H2,1-3H3,(H,15,16). The van der Waals surface area contributed by atoms with Crippen LogP contribution >= 0.6 is 11.3 Å². The first-order valence-corrected chi connectivity index (χ1v) is 7.22. The zero-order valence-electron chi connectivity index (χ0n) is 11.0. The van der Waals surface area contributed by atoms with E-state index >= 15 is 0 Å². The molecule has 0 saturated heterocycles. The number of nitrogens with zero attached hydrogens (tertiary/aromatic N) is 1. The molecule has 1 fully saturated rings. The van der Waals surface area contributed by atoms with Crippen LogP contribution in [0.25, 0.3) is 0 Å². The van der Waals surface area contributed by atoms with Crippen molar-refractivity contribution in [1.82, 2.24) is 4.98 Å². The van der Waals surface area contributed by atoms with Gasteiger partial charge in [0.05, 0.1) is 5.69 Å². The quantitative estimate of drug-likeness (QED) is 0.860. The minimum Gasteiger partial charge on any atom is -0.477 e. The summed E-state index contributed by atoms with van der Waals surface area (Å²) in [5.74, 6) is -0.514. The van der Waals surface area contributed by atoms with Crippen LogP contribution in [-0.4, -0.2) is 22.7 Å². The molecular formula is C13H19NO3S. The smallest absolute Gasteiger partial charge is 0.347 e. The summed E-state index contributed by atoms with van der Waals surface area (Å²) < 4.78 is 5.77. The number of carboxylic acid groups (broad SMARTS) is 1. The van der Waals surface area contributed by atoms with Gasteiger partial charge < -0.3 is 9.84 Å². The Balaban J connectivity index is 2.39. The van der Waals surface area contributed by atoms with Crippen molar-refractivity contribution in [1.29, 1.82) is 0 Å². The Labute approximate surface area is 111 Å². The summed E-state index contributed by atoms with van der Waals surface area (Å²) in [4.78, 5) is 16.2. The number of carbonyl (C=O) groups is 1. The van der Waals surface area contributed by atoms with E-state index < -0.39 is 11.6 Å². The Morgan fingerprint density at radius 1 is 1.56 bits per heavy atom. The molecule has 0 radical (unpaired) electrons. The van der Waals surface area contributed by atoms with E-state index in [-0.39, 0.29) is 0 Å². The summed E-state index contributed by atoms with van der Waals surface area (Å²) in [6.45, 7) is 6.57. The molecule has 18 heavy (non-hydrogen) atoms. The Morgan fingerprint density at radius 3 is 2.67 bits per heavy atom. The van der Waals surface area contributed by atoms with Crippen molar-refractivity contribution in [3.05, 3.63) is 15.6 Å². The lowest BCUT2D eigenvalue weighted by atomic mass is 10.0. The molecule has 0 spiro atoms. The number of hydrogen-bond donors (Lipinski definition) is 1. The van der Waals surface area contributed by atoms with Crippen LogP contribution in [0.2, 0.25) is 0 Å². The van der Waals surface area contributed by atoms with Gasteiger partial charge in [0.25, 0.3) is 0 Å². The third-order valence-corrected chi connectivity index (χ3v) is 4.71. The third kappa shape index (κ3) is 2.42. The zero-order chi connectivity index (χ0) is 13.3. The van der Waals surface area contributed by atoms with Crippen molar-refractivity contribution in [2.45, 2.75) is 51.6 Å². The van der Waals surface area contributed by atoms with Crippen LogP contribution in [0.3, 0.4) is 0 Å². The molecule has 1 aromatic rings. The van der Waals surface area contributed by atoms with E-state index in [9.17, 15) is 9.90 Å². The number of hydrogen-bond acceptors (Lipinski definition) is 4. The van der Waals surface area contributed by atoms with Gasteiger partial charge in [-0.25, -0.2) is 9.78 Å². The largest absolute Gasteiger partial charge is 0.477 e. The Hall–Kier alpha value is -0.940. The molecule has 1 aliphatic carbocycles. The summed E-state index contributed by atoms with van der Waals surface area (Å²) in [5, 5.41) is 10.1. The molecule has 0 bridgehead atoms. The van der Waals surface area contributed by atoms with E-state index in [0.717, 1.165) is 30.0 Å². The molecule has 1 heterocycles. The molecule has 5 heteroatoms. The first kappa shape index (κ1) is 13.5. The predicted molar refractivity (Wildman–Crippen MR) is 70.3 cm³/mol. The highest BCUT2D eigenvalue weighted by molar-refractivity contribution is 7.13. The monoisotopic (exact) mass is 269 g/mol. The van der Waals surface area contributed by atoms with E-state index in [0.29, 0.717) is 17.4 Å². The summed E-state index contributed by atoms with van der Waals surface area (Å²) in [5.41, 5.74) is 0.304. The zero-order valence-corrected chi connectivity index (χ0v) is 11.8. The molecular weight excluding hydrogens is 250 g/mol. The number of thiazole rings is 1. The summed E-state index contributed by atoms with van der Waals surface area (Å²) >= 11 is 1.27. The summed E-state index contributed by atoms with van der Waals surface area (Å²) in [6.07, 6.45) is 2.90. The minimum absolute atomic E-state index is 0.351. The van der Waals surface area contributed by atoms with Crippen LogP contribution in [0, 0.1) is 0 Å². The van der Waals surface area contributed by atoms with Gasteiger partial charge in [0.1, 0.15) is 15.5 Å². The molecule has 1 aromatic heterocycles. The number of aromatic carboxylic acids is 1. The normalized spacial score (nSPS) is 18.6. The third-order valence-electron chi connectivity index (χ3n) is 3.40. The molecule has 0 amide bonds. The Kier molecular flexibility index (Phi) is 3.73. The fourth-order valence-corrected chi connectivity index (χ4v) is 3.14. The lowest BCUT2D eigenvalue weighted by Gasteiger charge is -2.25. The first-order chi connectivity index (χ1) is 8.51. The molecule has 1 unspecified atom stereocenters. The van der Waals surface area contributed by atoms with Crippen LogP contribution in [0.5, 0.6) is 0 Å². The predicted octanol–water partition coefficient (Wildman–Crippen LogP) is 3.38. The van der Waals surface area contributed by atoms with Crippen molar-refractivity contribution in [2.24, 2.45) is 0 Å². The second-order valence-corrected chi connectivity index (χ2v) is 5.83. The topological polar surface area (TPSA) is 59.4 Å². The maximum Gasteiger partial charge on any atom is 0.347 e. The van der Waals surface area contributed by atoms with Crippen LogP contribution < -0.4 is 0 Å². The summed E-state index contributed by atoms with van der Waals surface area (Å²) in [7, 11) is 0. The van der Waals surface area contributed by atoms with Crippen molar-refractivity contribution in [3.63, 3.8) is 0 Å². The number of aromatic nitrogens is 1. The molecule has 4 nitrogen and oxygen atoms in total. The van der Waals surface area contributed by atoms with Crippen LogP contribution in [-0.2, 0) is 10.3 Å². The number of ether oxygens (including phenoxy) is 1. The molecule has 1 atom stereocenters. The second kappa shape index (κ2) is 4.97.